The van der Waals surface area contributed by atoms with E-state index in [1.54, 1.807) is 23.0 Å². The molecule has 0 saturated heterocycles. The second kappa shape index (κ2) is 7.55. The molecule has 1 amide bonds. The molecule has 1 N–H and O–H groups in total. The summed E-state index contributed by atoms with van der Waals surface area (Å²) in [5.41, 5.74) is 2.91. The Balaban J connectivity index is 1.47. The molecule has 0 aliphatic carbocycles. The van der Waals surface area contributed by atoms with Gasteiger partial charge in [0.1, 0.15) is 5.82 Å². The second-order valence-corrected chi connectivity index (χ2v) is 5.52. The zero-order chi connectivity index (χ0) is 16.8. The van der Waals surface area contributed by atoms with Gasteiger partial charge in [-0.15, -0.1) is 0 Å². The fourth-order valence-electron chi connectivity index (χ4n) is 2.43. The molecule has 1 aromatic heterocycles. The minimum absolute atomic E-state index is 0.0241. The van der Waals surface area contributed by atoms with Crippen molar-refractivity contribution in [1.82, 2.24) is 15.1 Å². The quantitative estimate of drug-likeness (QED) is 0.758. The van der Waals surface area contributed by atoms with E-state index in [4.69, 9.17) is 0 Å². The molecular formula is C19H18FN3O. The number of aromatic nitrogens is 2. The molecule has 0 spiro atoms. The summed E-state index contributed by atoms with van der Waals surface area (Å²) >= 11 is 0. The van der Waals surface area contributed by atoms with Crippen molar-refractivity contribution in [2.75, 3.05) is 6.54 Å². The smallest absolute Gasteiger partial charge is 0.224 e. The monoisotopic (exact) mass is 323 g/mol. The van der Waals surface area contributed by atoms with Crippen molar-refractivity contribution in [3.05, 3.63) is 83.9 Å². The van der Waals surface area contributed by atoms with Gasteiger partial charge in [0.15, 0.2) is 0 Å². The van der Waals surface area contributed by atoms with E-state index in [0.29, 0.717) is 19.4 Å². The van der Waals surface area contributed by atoms with Crippen LogP contribution in [0.5, 0.6) is 0 Å². The van der Waals surface area contributed by atoms with Gasteiger partial charge in [0, 0.05) is 18.9 Å². The standard InChI is InChI=1S/C19H18FN3O/c20-17-6-2-15(3-7-17)10-12-21-19(24)14-16-4-8-18(9-5-16)23-13-1-11-22-23/h1-9,11,13H,10,12,14H2,(H,21,24). The van der Waals surface area contributed by atoms with Crippen LogP contribution in [0.15, 0.2) is 67.0 Å². The van der Waals surface area contributed by atoms with Crippen molar-refractivity contribution in [2.45, 2.75) is 12.8 Å². The number of nitrogens with one attached hydrogen (secondary N) is 1. The molecule has 4 nitrogen and oxygen atoms in total. The van der Waals surface area contributed by atoms with Crippen LogP contribution in [-0.2, 0) is 17.6 Å². The van der Waals surface area contributed by atoms with E-state index in [-0.39, 0.29) is 11.7 Å². The van der Waals surface area contributed by atoms with E-state index >= 15 is 0 Å². The fourth-order valence-corrected chi connectivity index (χ4v) is 2.43. The average molecular weight is 323 g/mol. The molecule has 122 valence electrons. The van der Waals surface area contributed by atoms with E-state index in [1.807, 2.05) is 36.5 Å². The highest BCUT2D eigenvalue weighted by Crippen LogP contribution is 2.09. The lowest BCUT2D eigenvalue weighted by Crippen LogP contribution is -2.27. The van der Waals surface area contributed by atoms with Crippen LogP contribution in [0, 0.1) is 5.82 Å². The Bertz CT molecular complexity index is 780. The van der Waals surface area contributed by atoms with Gasteiger partial charge in [0.05, 0.1) is 12.1 Å². The number of rotatable bonds is 6. The minimum Gasteiger partial charge on any atom is -0.355 e. The summed E-state index contributed by atoms with van der Waals surface area (Å²) in [4.78, 5) is 12.0. The molecule has 0 radical (unpaired) electrons. The van der Waals surface area contributed by atoms with Gasteiger partial charge >= 0.3 is 0 Å². The van der Waals surface area contributed by atoms with Gasteiger partial charge in [-0.1, -0.05) is 24.3 Å². The number of carbonyl (C=O) groups excluding carboxylic acids is 1. The van der Waals surface area contributed by atoms with Crippen LogP contribution >= 0.6 is 0 Å². The maximum absolute atomic E-state index is 12.8. The van der Waals surface area contributed by atoms with Gasteiger partial charge < -0.3 is 5.32 Å². The van der Waals surface area contributed by atoms with Gasteiger partial charge in [0.2, 0.25) is 5.91 Å². The first kappa shape index (κ1) is 15.9. The molecule has 3 aromatic rings. The molecular weight excluding hydrogens is 305 g/mol. The lowest BCUT2D eigenvalue weighted by molar-refractivity contribution is -0.120. The second-order valence-electron chi connectivity index (χ2n) is 5.52. The molecule has 0 saturated carbocycles. The number of amides is 1. The number of halogens is 1. The zero-order valence-corrected chi connectivity index (χ0v) is 13.2. The van der Waals surface area contributed by atoms with Crippen molar-refractivity contribution in [3.8, 4) is 5.69 Å². The third kappa shape index (κ3) is 4.29. The van der Waals surface area contributed by atoms with E-state index in [2.05, 4.69) is 10.4 Å². The third-order valence-electron chi connectivity index (χ3n) is 3.72. The molecule has 1 heterocycles. The summed E-state index contributed by atoms with van der Waals surface area (Å²) in [5, 5.41) is 7.05. The Hall–Kier alpha value is -2.95. The fraction of sp³-hybridized carbons (Fsp3) is 0.158. The molecule has 24 heavy (non-hydrogen) atoms. The lowest BCUT2D eigenvalue weighted by atomic mass is 10.1. The highest BCUT2D eigenvalue weighted by Gasteiger charge is 2.04. The van der Waals surface area contributed by atoms with E-state index < -0.39 is 0 Å². The van der Waals surface area contributed by atoms with Crippen molar-refractivity contribution < 1.29 is 9.18 Å². The number of hydrogen-bond donors (Lipinski definition) is 1. The van der Waals surface area contributed by atoms with Crippen LogP contribution in [-0.4, -0.2) is 22.2 Å². The Morgan fingerprint density at radius 2 is 1.75 bits per heavy atom. The molecule has 3 rings (SSSR count). The van der Waals surface area contributed by atoms with Crippen LogP contribution in [0.4, 0.5) is 4.39 Å². The summed E-state index contributed by atoms with van der Waals surface area (Å²) in [7, 11) is 0. The first-order valence-electron chi connectivity index (χ1n) is 7.81. The third-order valence-corrected chi connectivity index (χ3v) is 3.72. The first-order valence-corrected chi connectivity index (χ1v) is 7.81. The molecule has 0 aliphatic rings. The van der Waals surface area contributed by atoms with Gasteiger partial charge in [-0.2, -0.15) is 5.10 Å². The zero-order valence-electron chi connectivity index (χ0n) is 13.2. The topological polar surface area (TPSA) is 46.9 Å². The van der Waals surface area contributed by atoms with Gasteiger partial charge in [-0.25, -0.2) is 9.07 Å². The molecule has 0 aliphatic heterocycles. The summed E-state index contributed by atoms with van der Waals surface area (Å²) in [5.74, 6) is -0.273. The normalized spacial score (nSPS) is 10.5. The Morgan fingerprint density at radius 3 is 2.42 bits per heavy atom. The van der Waals surface area contributed by atoms with Crippen molar-refractivity contribution in [1.29, 1.82) is 0 Å². The maximum atomic E-state index is 12.8. The lowest BCUT2D eigenvalue weighted by Gasteiger charge is -2.07. The van der Waals surface area contributed by atoms with E-state index in [9.17, 15) is 9.18 Å². The largest absolute Gasteiger partial charge is 0.355 e. The summed E-state index contributed by atoms with van der Waals surface area (Å²) < 4.78 is 14.6. The molecule has 5 heteroatoms. The van der Waals surface area contributed by atoms with Crippen LogP contribution in [0.3, 0.4) is 0 Å². The van der Waals surface area contributed by atoms with Crippen LogP contribution in [0.25, 0.3) is 5.69 Å². The highest BCUT2D eigenvalue weighted by molar-refractivity contribution is 5.78. The van der Waals surface area contributed by atoms with Gasteiger partial charge in [0.25, 0.3) is 0 Å². The summed E-state index contributed by atoms with van der Waals surface area (Å²) in [6, 6.07) is 15.9. The van der Waals surface area contributed by atoms with Crippen LogP contribution in [0.1, 0.15) is 11.1 Å². The Kier molecular flexibility index (Phi) is 5.01. The predicted octanol–water partition coefficient (Wildman–Crippen LogP) is 2.91. The minimum atomic E-state index is -0.249. The highest BCUT2D eigenvalue weighted by atomic mass is 19.1. The Morgan fingerprint density at radius 1 is 1.04 bits per heavy atom. The number of carbonyl (C=O) groups is 1. The number of benzene rings is 2. The van der Waals surface area contributed by atoms with Crippen LogP contribution < -0.4 is 5.32 Å². The van der Waals surface area contributed by atoms with Crippen molar-refractivity contribution >= 4 is 5.91 Å². The van der Waals surface area contributed by atoms with E-state index in [0.717, 1.165) is 16.8 Å². The molecule has 0 unspecified atom stereocenters. The van der Waals surface area contributed by atoms with Gasteiger partial charge in [-0.05, 0) is 47.9 Å². The molecule has 0 atom stereocenters. The molecule has 2 aromatic carbocycles. The Labute approximate surface area is 139 Å². The van der Waals surface area contributed by atoms with Crippen molar-refractivity contribution in [3.63, 3.8) is 0 Å². The maximum Gasteiger partial charge on any atom is 0.224 e. The number of nitrogens with zero attached hydrogens (tertiary/aromatic N) is 2. The average Bonchev–Trinajstić information content (AvgIpc) is 3.12. The van der Waals surface area contributed by atoms with Gasteiger partial charge in [-0.3, -0.25) is 4.79 Å². The predicted molar refractivity (Wildman–Crippen MR) is 90.4 cm³/mol. The van der Waals surface area contributed by atoms with E-state index in [1.165, 1.54) is 12.1 Å². The van der Waals surface area contributed by atoms with Crippen LogP contribution in [0.2, 0.25) is 0 Å². The number of hydrogen-bond acceptors (Lipinski definition) is 2. The summed E-state index contributed by atoms with van der Waals surface area (Å²) in [6.45, 7) is 0.538. The molecule has 0 fully saturated rings. The SMILES string of the molecule is O=C(Cc1ccc(-n2cccn2)cc1)NCCc1ccc(F)cc1. The van der Waals surface area contributed by atoms with Crippen molar-refractivity contribution in [2.24, 2.45) is 0 Å². The first-order chi connectivity index (χ1) is 11.7. The molecule has 0 bridgehead atoms. The summed E-state index contributed by atoms with van der Waals surface area (Å²) in [6.07, 6.45) is 4.62.